The van der Waals surface area contributed by atoms with Crippen molar-refractivity contribution in [3.05, 3.63) is 83.1 Å². The molecule has 2 aromatic carbocycles. The number of amides is 1. The number of nitrogens with zero attached hydrogens (tertiary/aromatic N) is 2. The number of carbonyl (C=O) groups excluding carboxylic acids is 1. The molecule has 2 heterocycles. The molecule has 1 aliphatic heterocycles. The summed E-state index contributed by atoms with van der Waals surface area (Å²) in [5.41, 5.74) is 3.06. The Kier molecular flexibility index (Phi) is 7.01. The lowest BCUT2D eigenvalue weighted by Crippen LogP contribution is -2.43. The molecular formula is C24H26N4O3S. The summed E-state index contributed by atoms with van der Waals surface area (Å²) < 4.78 is 10.8. The maximum Gasteiger partial charge on any atom is 0.414 e. The van der Waals surface area contributed by atoms with Crippen LogP contribution in [0.2, 0.25) is 0 Å². The first-order valence-electron chi connectivity index (χ1n) is 10.7. The normalized spacial score (nSPS) is 13.7. The van der Waals surface area contributed by atoms with E-state index in [2.05, 4.69) is 34.8 Å². The smallest absolute Gasteiger partial charge is 0.387 e. The molecule has 7 nitrogen and oxygen atoms in total. The van der Waals surface area contributed by atoms with Crippen molar-refractivity contribution in [1.82, 2.24) is 20.7 Å². The van der Waals surface area contributed by atoms with Gasteiger partial charge in [-0.3, -0.25) is 0 Å². The number of ether oxygens (including phenoxy) is 1. The first-order chi connectivity index (χ1) is 15.6. The van der Waals surface area contributed by atoms with Crippen LogP contribution in [0.4, 0.5) is 4.79 Å². The van der Waals surface area contributed by atoms with E-state index in [0.717, 1.165) is 28.9 Å². The SMILES string of the molecule is CC(NC(=S)N1CCc2onc(OC(=O)NCCc3ccccc3)c2C1)c1ccccc1. The lowest BCUT2D eigenvalue weighted by atomic mass is 10.1. The molecule has 3 aromatic rings. The Balaban J connectivity index is 1.31. The van der Waals surface area contributed by atoms with Crippen molar-refractivity contribution in [2.45, 2.75) is 32.4 Å². The van der Waals surface area contributed by atoms with Crippen LogP contribution in [0.3, 0.4) is 0 Å². The van der Waals surface area contributed by atoms with E-state index in [0.29, 0.717) is 31.2 Å². The summed E-state index contributed by atoms with van der Waals surface area (Å²) in [6, 6.07) is 20.2. The van der Waals surface area contributed by atoms with Crippen LogP contribution < -0.4 is 15.4 Å². The number of rotatable bonds is 6. The zero-order chi connectivity index (χ0) is 22.3. The second-order valence-electron chi connectivity index (χ2n) is 7.69. The first kappa shape index (κ1) is 21.8. The highest BCUT2D eigenvalue weighted by Crippen LogP contribution is 2.28. The fraction of sp³-hybridized carbons (Fsp3) is 0.292. The van der Waals surface area contributed by atoms with Crippen LogP contribution in [0, 0.1) is 0 Å². The number of benzene rings is 2. The summed E-state index contributed by atoms with van der Waals surface area (Å²) in [6.07, 6.45) is 0.816. The summed E-state index contributed by atoms with van der Waals surface area (Å²) in [5, 5.41) is 10.7. The minimum atomic E-state index is -0.549. The van der Waals surface area contributed by atoms with Crippen molar-refractivity contribution >= 4 is 23.4 Å². The molecular weight excluding hydrogens is 424 g/mol. The van der Waals surface area contributed by atoms with Gasteiger partial charge in [-0.15, -0.1) is 0 Å². The van der Waals surface area contributed by atoms with Crippen LogP contribution in [0.25, 0.3) is 0 Å². The molecule has 8 heteroatoms. The molecule has 0 saturated carbocycles. The third-order valence-electron chi connectivity index (χ3n) is 5.43. The highest BCUT2D eigenvalue weighted by molar-refractivity contribution is 7.80. The van der Waals surface area contributed by atoms with Crippen molar-refractivity contribution in [1.29, 1.82) is 0 Å². The average molecular weight is 451 g/mol. The molecule has 166 valence electrons. The molecule has 32 heavy (non-hydrogen) atoms. The number of hydrogen-bond donors (Lipinski definition) is 2. The van der Waals surface area contributed by atoms with Gasteiger partial charge in [0.2, 0.25) is 0 Å². The van der Waals surface area contributed by atoms with Gasteiger partial charge in [0.05, 0.1) is 18.2 Å². The molecule has 0 fully saturated rings. The minimum absolute atomic E-state index is 0.0821. The number of fused-ring (bicyclic) bond motifs is 1. The summed E-state index contributed by atoms with van der Waals surface area (Å²) in [4.78, 5) is 14.3. The lowest BCUT2D eigenvalue weighted by molar-refractivity contribution is 0.195. The van der Waals surface area contributed by atoms with Crippen LogP contribution in [0.15, 0.2) is 65.2 Å². The van der Waals surface area contributed by atoms with Gasteiger partial charge in [-0.2, -0.15) is 0 Å². The molecule has 2 N–H and O–H groups in total. The van der Waals surface area contributed by atoms with Gasteiger partial charge in [0.1, 0.15) is 5.76 Å². The van der Waals surface area contributed by atoms with Gasteiger partial charge in [0, 0.05) is 19.5 Å². The Bertz CT molecular complexity index is 1060. The fourth-order valence-corrected chi connectivity index (χ4v) is 3.95. The second kappa shape index (κ2) is 10.3. The highest BCUT2D eigenvalue weighted by atomic mass is 32.1. The van der Waals surface area contributed by atoms with Gasteiger partial charge in [0.15, 0.2) is 5.11 Å². The van der Waals surface area contributed by atoms with Crippen molar-refractivity contribution in [3.63, 3.8) is 0 Å². The van der Waals surface area contributed by atoms with E-state index in [1.807, 2.05) is 53.4 Å². The van der Waals surface area contributed by atoms with Crippen molar-refractivity contribution in [2.75, 3.05) is 13.1 Å². The Morgan fingerprint density at radius 3 is 2.66 bits per heavy atom. The Morgan fingerprint density at radius 2 is 1.91 bits per heavy atom. The number of nitrogens with one attached hydrogen (secondary N) is 2. The van der Waals surface area contributed by atoms with Crippen molar-refractivity contribution in [3.8, 4) is 5.88 Å². The third kappa shape index (κ3) is 5.45. The number of carbonyl (C=O) groups is 1. The van der Waals surface area contributed by atoms with Crippen LogP contribution in [0.5, 0.6) is 5.88 Å². The van der Waals surface area contributed by atoms with Gasteiger partial charge < -0.3 is 24.8 Å². The van der Waals surface area contributed by atoms with Crippen LogP contribution >= 0.6 is 12.2 Å². The molecule has 1 aliphatic rings. The largest absolute Gasteiger partial charge is 0.414 e. The summed E-state index contributed by atoms with van der Waals surface area (Å²) in [6.45, 7) is 3.72. The third-order valence-corrected chi connectivity index (χ3v) is 5.81. The van der Waals surface area contributed by atoms with Crippen LogP contribution in [-0.4, -0.2) is 34.4 Å². The predicted molar refractivity (Wildman–Crippen MR) is 125 cm³/mol. The molecule has 1 aromatic heterocycles. The standard InChI is InChI=1S/C24H26N4O3S/c1-17(19-10-6-3-7-11-19)26-23(32)28-15-13-21-20(16-28)22(27-31-21)30-24(29)25-14-12-18-8-4-2-5-9-18/h2-11,17H,12-16H2,1H3,(H,25,29)(H,26,32). The number of hydrogen-bond acceptors (Lipinski definition) is 5. The minimum Gasteiger partial charge on any atom is -0.387 e. The van der Waals surface area contributed by atoms with Gasteiger partial charge in [-0.05, 0) is 41.8 Å². The average Bonchev–Trinajstić information content (AvgIpc) is 3.22. The molecule has 1 atom stereocenters. The maximum absolute atomic E-state index is 12.2. The van der Waals surface area contributed by atoms with E-state index in [4.69, 9.17) is 21.5 Å². The Hall–Kier alpha value is -3.39. The fourth-order valence-electron chi connectivity index (χ4n) is 3.62. The molecule has 0 aliphatic carbocycles. The molecule has 1 amide bonds. The second-order valence-corrected chi connectivity index (χ2v) is 8.08. The predicted octanol–water partition coefficient (Wildman–Crippen LogP) is 4.00. The summed E-state index contributed by atoms with van der Waals surface area (Å²) in [5.74, 6) is 0.924. The van der Waals surface area contributed by atoms with E-state index < -0.39 is 6.09 Å². The lowest BCUT2D eigenvalue weighted by Gasteiger charge is -2.30. The summed E-state index contributed by atoms with van der Waals surface area (Å²) in [7, 11) is 0. The maximum atomic E-state index is 12.2. The van der Waals surface area contributed by atoms with E-state index in [9.17, 15) is 4.79 Å². The molecule has 0 radical (unpaired) electrons. The van der Waals surface area contributed by atoms with Crippen LogP contribution in [-0.2, 0) is 19.4 Å². The molecule has 0 spiro atoms. The van der Waals surface area contributed by atoms with Gasteiger partial charge in [0.25, 0.3) is 5.88 Å². The quantitative estimate of drug-likeness (QED) is 0.550. The Labute approximate surface area is 192 Å². The highest BCUT2D eigenvalue weighted by Gasteiger charge is 2.28. The molecule has 1 unspecified atom stereocenters. The summed E-state index contributed by atoms with van der Waals surface area (Å²) >= 11 is 5.63. The zero-order valence-electron chi connectivity index (χ0n) is 17.9. The van der Waals surface area contributed by atoms with Gasteiger partial charge in [-0.25, -0.2) is 4.79 Å². The van der Waals surface area contributed by atoms with E-state index in [1.165, 1.54) is 0 Å². The van der Waals surface area contributed by atoms with Gasteiger partial charge in [-0.1, -0.05) is 60.7 Å². The topological polar surface area (TPSA) is 79.6 Å². The van der Waals surface area contributed by atoms with Crippen molar-refractivity contribution < 1.29 is 14.1 Å². The molecule has 0 saturated heterocycles. The van der Waals surface area contributed by atoms with E-state index in [1.54, 1.807) is 0 Å². The zero-order valence-corrected chi connectivity index (χ0v) is 18.7. The van der Waals surface area contributed by atoms with Crippen molar-refractivity contribution in [2.24, 2.45) is 0 Å². The monoisotopic (exact) mass is 450 g/mol. The first-order valence-corrected chi connectivity index (χ1v) is 11.1. The number of aromatic nitrogens is 1. The van der Waals surface area contributed by atoms with Crippen LogP contribution in [0.1, 0.15) is 35.4 Å². The van der Waals surface area contributed by atoms with Gasteiger partial charge >= 0.3 is 6.09 Å². The Morgan fingerprint density at radius 1 is 1.19 bits per heavy atom. The molecule has 4 rings (SSSR count). The van der Waals surface area contributed by atoms with E-state index in [-0.39, 0.29) is 11.9 Å². The molecule has 0 bridgehead atoms. The van der Waals surface area contributed by atoms with E-state index >= 15 is 0 Å². The number of thiocarbonyl (C=S) groups is 1.